The van der Waals surface area contributed by atoms with Gasteiger partial charge in [-0.15, -0.1) is 0 Å². The minimum atomic E-state index is -4.55. The average Bonchev–Trinajstić information content (AvgIpc) is 2.92. The van der Waals surface area contributed by atoms with Crippen molar-refractivity contribution in [1.82, 2.24) is 9.78 Å². The summed E-state index contributed by atoms with van der Waals surface area (Å²) in [5.74, 6) is -1.71. The zero-order valence-corrected chi connectivity index (χ0v) is 14.1. The Morgan fingerprint density at radius 3 is 2.59 bits per heavy atom. The van der Waals surface area contributed by atoms with Gasteiger partial charge in [0.05, 0.1) is 23.3 Å². The van der Waals surface area contributed by atoms with Gasteiger partial charge in [0.25, 0.3) is 0 Å². The van der Waals surface area contributed by atoms with Crippen LogP contribution in [0.4, 0.5) is 17.6 Å². The molecule has 1 aromatic heterocycles. The van der Waals surface area contributed by atoms with Crippen LogP contribution < -0.4 is 0 Å². The number of aryl methyl sites for hydroxylation is 1. The third-order valence-electron chi connectivity index (χ3n) is 4.02. The van der Waals surface area contributed by atoms with Crippen molar-refractivity contribution in [3.05, 3.63) is 70.7 Å². The highest BCUT2D eigenvalue weighted by atomic mass is 19.4. The van der Waals surface area contributed by atoms with E-state index in [1.807, 2.05) is 0 Å². The molecule has 2 aromatic carbocycles. The van der Waals surface area contributed by atoms with Crippen LogP contribution in [-0.2, 0) is 17.5 Å². The summed E-state index contributed by atoms with van der Waals surface area (Å²) in [6.07, 6.45) is -2.51. The molecule has 0 saturated heterocycles. The predicted molar refractivity (Wildman–Crippen MR) is 91.6 cm³/mol. The zero-order valence-electron chi connectivity index (χ0n) is 14.1. The molecule has 0 radical (unpaired) electrons. The molecule has 3 aromatic rings. The Labute approximate surface area is 151 Å². The van der Waals surface area contributed by atoms with Gasteiger partial charge in [-0.3, -0.25) is 4.68 Å². The molecular weight excluding hydrogens is 364 g/mol. The Morgan fingerprint density at radius 2 is 1.96 bits per heavy atom. The largest absolute Gasteiger partial charge is 0.478 e. The summed E-state index contributed by atoms with van der Waals surface area (Å²) in [5.41, 5.74) is 0.431. The fraction of sp³-hybridized carbons (Fsp3) is 0.158. The summed E-state index contributed by atoms with van der Waals surface area (Å²) in [4.78, 5) is 10.7. The molecule has 0 aliphatic rings. The van der Waals surface area contributed by atoms with Crippen molar-refractivity contribution >= 4 is 22.9 Å². The summed E-state index contributed by atoms with van der Waals surface area (Å²) in [6, 6.07) is 7.61. The lowest BCUT2D eigenvalue weighted by atomic mass is 10.1. The molecule has 0 bridgehead atoms. The van der Waals surface area contributed by atoms with Gasteiger partial charge in [-0.05, 0) is 42.8 Å². The number of carboxylic acids is 1. The van der Waals surface area contributed by atoms with Crippen LogP contribution in [0.5, 0.6) is 0 Å². The average molecular weight is 378 g/mol. The number of aromatic nitrogens is 2. The van der Waals surface area contributed by atoms with Crippen molar-refractivity contribution < 1.29 is 27.5 Å². The lowest BCUT2D eigenvalue weighted by molar-refractivity contribution is -0.137. The normalized spacial score (nSPS) is 12.2. The molecule has 8 heteroatoms. The first-order chi connectivity index (χ1) is 12.6. The van der Waals surface area contributed by atoms with E-state index < -0.39 is 23.5 Å². The molecule has 1 heterocycles. The Morgan fingerprint density at radius 1 is 1.22 bits per heavy atom. The van der Waals surface area contributed by atoms with Crippen LogP contribution in [0.1, 0.15) is 22.4 Å². The van der Waals surface area contributed by atoms with Gasteiger partial charge in [0.1, 0.15) is 5.82 Å². The second-order valence-electron chi connectivity index (χ2n) is 6.04. The fourth-order valence-corrected chi connectivity index (χ4v) is 2.71. The smallest absolute Gasteiger partial charge is 0.416 e. The highest BCUT2D eigenvalue weighted by molar-refractivity contribution is 5.92. The van der Waals surface area contributed by atoms with Crippen molar-refractivity contribution in [3.8, 4) is 0 Å². The van der Waals surface area contributed by atoms with Crippen molar-refractivity contribution in [2.75, 3.05) is 0 Å². The van der Waals surface area contributed by atoms with E-state index in [9.17, 15) is 22.4 Å². The third kappa shape index (κ3) is 3.99. The standard InChI is InChI=1S/C19H14F4N2O2/c1-11-2-3-12(15(20)8-11)10-25-17-9-13(19(21,22)23)4-5-14(17)16(24-25)6-7-18(26)27/h2-9H,10H2,1H3,(H,26,27)/b7-6+. The van der Waals surface area contributed by atoms with E-state index >= 15 is 0 Å². The molecule has 0 aliphatic carbocycles. The van der Waals surface area contributed by atoms with E-state index in [0.29, 0.717) is 10.9 Å². The minimum Gasteiger partial charge on any atom is -0.478 e. The molecule has 3 rings (SSSR count). The second-order valence-corrected chi connectivity index (χ2v) is 6.04. The molecule has 0 atom stereocenters. The first-order valence-electron chi connectivity index (χ1n) is 7.89. The topological polar surface area (TPSA) is 55.1 Å². The Kier molecular flexibility index (Phi) is 4.73. The van der Waals surface area contributed by atoms with Crippen LogP contribution in [-0.4, -0.2) is 20.9 Å². The van der Waals surface area contributed by atoms with E-state index in [1.54, 1.807) is 19.1 Å². The second kappa shape index (κ2) is 6.86. The van der Waals surface area contributed by atoms with Crippen molar-refractivity contribution in [2.45, 2.75) is 19.6 Å². The van der Waals surface area contributed by atoms with E-state index in [2.05, 4.69) is 5.10 Å². The van der Waals surface area contributed by atoms with Crippen LogP contribution in [0.25, 0.3) is 17.0 Å². The van der Waals surface area contributed by atoms with Gasteiger partial charge >= 0.3 is 12.1 Å². The lowest BCUT2D eigenvalue weighted by Crippen LogP contribution is -2.07. The zero-order chi connectivity index (χ0) is 19.8. The predicted octanol–water partition coefficient (Wildman–Crippen LogP) is 4.65. The Hall–Kier alpha value is -3.16. The van der Waals surface area contributed by atoms with Gasteiger partial charge in [0.2, 0.25) is 0 Å². The summed E-state index contributed by atoms with van der Waals surface area (Å²) in [7, 11) is 0. The molecule has 0 spiro atoms. The van der Waals surface area contributed by atoms with Gasteiger partial charge in [0.15, 0.2) is 0 Å². The van der Waals surface area contributed by atoms with Crippen molar-refractivity contribution in [2.24, 2.45) is 0 Å². The molecule has 0 saturated carbocycles. The summed E-state index contributed by atoms with van der Waals surface area (Å²) in [6.45, 7) is 1.63. The third-order valence-corrected chi connectivity index (χ3v) is 4.02. The first kappa shape index (κ1) is 18.6. The summed E-state index contributed by atoms with van der Waals surface area (Å²) >= 11 is 0. The number of aliphatic carboxylic acids is 1. The lowest BCUT2D eigenvalue weighted by Gasteiger charge is -2.09. The number of carbonyl (C=O) groups is 1. The number of halogens is 4. The van der Waals surface area contributed by atoms with E-state index in [1.165, 1.54) is 22.9 Å². The van der Waals surface area contributed by atoms with Gasteiger partial charge in [-0.2, -0.15) is 18.3 Å². The number of hydrogen-bond acceptors (Lipinski definition) is 2. The number of nitrogens with zero attached hydrogens (tertiary/aromatic N) is 2. The number of hydrogen-bond donors (Lipinski definition) is 1. The van der Waals surface area contributed by atoms with Crippen LogP contribution >= 0.6 is 0 Å². The van der Waals surface area contributed by atoms with Crippen LogP contribution in [0.2, 0.25) is 0 Å². The first-order valence-corrected chi connectivity index (χ1v) is 7.89. The summed E-state index contributed by atoms with van der Waals surface area (Å²) in [5, 5.41) is 13.3. The highest BCUT2D eigenvalue weighted by Gasteiger charge is 2.31. The molecule has 1 N–H and O–H groups in total. The number of benzene rings is 2. The number of carboxylic acid groups (broad SMARTS) is 1. The van der Waals surface area contributed by atoms with Gasteiger partial charge in [-0.1, -0.05) is 12.1 Å². The van der Waals surface area contributed by atoms with Crippen molar-refractivity contribution in [1.29, 1.82) is 0 Å². The van der Waals surface area contributed by atoms with Crippen LogP contribution in [0, 0.1) is 12.7 Å². The summed E-state index contributed by atoms with van der Waals surface area (Å²) < 4.78 is 54.6. The maximum atomic E-state index is 14.2. The monoisotopic (exact) mass is 378 g/mol. The quantitative estimate of drug-likeness (QED) is 0.531. The Bertz CT molecular complexity index is 1050. The molecule has 140 valence electrons. The van der Waals surface area contributed by atoms with E-state index in [4.69, 9.17) is 5.11 Å². The number of fused-ring (bicyclic) bond motifs is 1. The molecular formula is C19H14F4N2O2. The van der Waals surface area contributed by atoms with Crippen LogP contribution in [0.3, 0.4) is 0 Å². The molecule has 0 fully saturated rings. The number of alkyl halides is 3. The van der Waals surface area contributed by atoms with Gasteiger partial charge in [0, 0.05) is 17.0 Å². The Balaban J connectivity index is 2.15. The van der Waals surface area contributed by atoms with E-state index in [0.717, 1.165) is 18.2 Å². The molecule has 0 aliphatic heterocycles. The maximum absolute atomic E-state index is 14.2. The fourth-order valence-electron chi connectivity index (χ4n) is 2.71. The molecule has 27 heavy (non-hydrogen) atoms. The van der Waals surface area contributed by atoms with Gasteiger partial charge < -0.3 is 5.11 Å². The van der Waals surface area contributed by atoms with E-state index in [-0.39, 0.29) is 23.3 Å². The maximum Gasteiger partial charge on any atom is 0.416 e. The number of rotatable bonds is 4. The van der Waals surface area contributed by atoms with Crippen LogP contribution in [0.15, 0.2) is 42.5 Å². The minimum absolute atomic E-state index is 0.0924. The molecule has 4 nitrogen and oxygen atoms in total. The van der Waals surface area contributed by atoms with Gasteiger partial charge in [-0.25, -0.2) is 9.18 Å². The highest BCUT2D eigenvalue weighted by Crippen LogP contribution is 2.32. The molecule has 0 amide bonds. The van der Waals surface area contributed by atoms with Crippen molar-refractivity contribution in [3.63, 3.8) is 0 Å². The molecule has 0 unspecified atom stereocenters. The SMILES string of the molecule is Cc1ccc(Cn2nc(/C=C/C(=O)O)c3ccc(C(F)(F)F)cc32)c(F)c1.